The SMILES string of the molecule is CC.CC(C)N1CCC(C2CCNCC2)CC1.CCC(C)N1CCN(CC2CCN(C(C)C)CC2)CC1. The van der Waals surface area contributed by atoms with Gasteiger partial charge in [0.15, 0.2) is 0 Å². The quantitative estimate of drug-likeness (QED) is 0.466. The van der Waals surface area contributed by atoms with E-state index in [9.17, 15) is 0 Å². The lowest BCUT2D eigenvalue weighted by Crippen LogP contribution is -2.51. The fourth-order valence-electron chi connectivity index (χ4n) is 6.88. The van der Waals surface area contributed by atoms with Crippen molar-refractivity contribution >= 4 is 0 Å². The maximum atomic E-state index is 3.47. The molecule has 1 atom stereocenters. The van der Waals surface area contributed by atoms with Crippen LogP contribution in [0.15, 0.2) is 0 Å². The van der Waals surface area contributed by atoms with E-state index >= 15 is 0 Å². The Morgan fingerprint density at radius 1 is 0.595 bits per heavy atom. The molecule has 4 aliphatic rings. The summed E-state index contributed by atoms with van der Waals surface area (Å²) in [4.78, 5) is 10.7. The van der Waals surface area contributed by atoms with E-state index < -0.39 is 0 Å². The first-order chi connectivity index (χ1) is 17.9. The minimum Gasteiger partial charge on any atom is -0.317 e. The molecule has 0 spiro atoms. The molecule has 4 heterocycles. The second-order valence-electron chi connectivity index (χ2n) is 12.7. The highest BCUT2D eigenvalue weighted by Gasteiger charge is 2.28. The predicted octanol–water partition coefficient (Wildman–Crippen LogP) is 5.66. The van der Waals surface area contributed by atoms with E-state index in [-0.39, 0.29) is 0 Å². The third-order valence-electron chi connectivity index (χ3n) is 9.87. The van der Waals surface area contributed by atoms with Crippen molar-refractivity contribution in [3.63, 3.8) is 0 Å². The summed E-state index contributed by atoms with van der Waals surface area (Å²) < 4.78 is 0. The molecule has 0 saturated carbocycles. The zero-order valence-electron chi connectivity index (χ0n) is 26.5. The monoisotopic (exact) mass is 522 g/mol. The summed E-state index contributed by atoms with van der Waals surface area (Å²) in [5.74, 6) is 3.00. The summed E-state index contributed by atoms with van der Waals surface area (Å²) in [5.41, 5.74) is 0. The number of piperazine rings is 1. The van der Waals surface area contributed by atoms with Gasteiger partial charge in [-0.25, -0.2) is 0 Å². The molecule has 4 rings (SSSR count). The average Bonchev–Trinajstić information content (AvgIpc) is 2.95. The lowest BCUT2D eigenvalue weighted by atomic mass is 9.79. The Bertz CT molecular complexity index is 537. The van der Waals surface area contributed by atoms with Gasteiger partial charge in [0.25, 0.3) is 0 Å². The maximum Gasteiger partial charge on any atom is 0.0113 e. The lowest BCUT2D eigenvalue weighted by molar-refractivity contribution is 0.0716. The Balaban J connectivity index is 0.000000252. The van der Waals surface area contributed by atoms with Crippen LogP contribution in [0.1, 0.15) is 100 Å². The number of hydrogen-bond donors (Lipinski definition) is 1. The van der Waals surface area contributed by atoms with Gasteiger partial charge in [0.05, 0.1) is 0 Å². The molecule has 0 radical (unpaired) electrons. The van der Waals surface area contributed by atoms with Crippen molar-refractivity contribution < 1.29 is 0 Å². The second-order valence-corrected chi connectivity index (χ2v) is 12.7. The van der Waals surface area contributed by atoms with E-state index in [1.165, 1.54) is 117 Å². The third kappa shape index (κ3) is 11.4. The first-order valence-electron chi connectivity index (χ1n) is 16.5. The van der Waals surface area contributed by atoms with E-state index in [2.05, 4.69) is 66.5 Å². The van der Waals surface area contributed by atoms with Crippen molar-refractivity contribution in [3.05, 3.63) is 0 Å². The summed E-state index contributed by atoms with van der Waals surface area (Å²) >= 11 is 0. The van der Waals surface area contributed by atoms with Crippen LogP contribution in [0, 0.1) is 17.8 Å². The van der Waals surface area contributed by atoms with Crippen molar-refractivity contribution in [2.24, 2.45) is 17.8 Å². The van der Waals surface area contributed by atoms with Crippen LogP contribution in [0.5, 0.6) is 0 Å². The van der Waals surface area contributed by atoms with Crippen LogP contribution in [0.3, 0.4) is 0 Å². The molecule has 0 aromatic carbocycles. The summed E-state index contributed by atoms with van der Waals surface area (Å²) in [6.07, 6.45) is 9.84. The molecular weight excluding hydrogens is 454 g/mol. The van der Waals surface area contributed by atoms with Crippen LogP contribution in [-0.2, 0) is 0 Å². The van der Waals surface area contributed by atoms with Crippen LogP contribution in [0.2, 0.25) is 0 Å². The summed E-state index contributed by atoms with van der Waals surface area (Å²) in [7, 11) is 0. The number of likely N-dealkylation sites (tertiary alicyclic amines) is 2. The van der Waals surface area contributed by atoms with E-state index in [0.29, 0.717) is 0 Å². The molecule has 37 heavy (non-hydrogen) atoms. The molecule has 220 valence electrons. The van der Waals surface area contributed by atoms with Crippen LogP contribution in [0.4, 0.5) is 0 Å². The van der Waals surface area contributed by atoms with E-state index in [1.54, 1.807) is 0 Å². The molecule has 1 unspecified atom stereocenters. The molecule has 4 fully saturated rings. The van der Waals surface area contributed by atoms with Gasteiger partial charge in [-0.05, 0) is 137 Å². The van der Waals surface area contributed by atoms with Gasteiger partial charge in [-0.1, -0.05) is 20.8 Å². The van der Waals surface area contributed by atoms with Crippen LogP contribution >= 0.6 is 0 Å². The van der Waals surface area contributed by atoms with Gasteiger partial charge in [0.2, 0.25) is 0 Å². The Kier molecular flexibility index (Phi) is 16.2. The number of piperidine rings is 3. The van der Waals surface area contributed by atoms with E-state index in [4.69, 9.17) is 0 Å². The largest absolute Gasteiger partial charge is 0.317 e. The molecule has 4 saturated heterocycles. The van der Waals surface area contributed by atoms with Crippen molar-refractivity contribution in [1.82, 2.24) is 24.9 Å². The lowest BCUT2D eigenvalue weighted by Gasteiger charge is -2.41. The molecule has 0 amide bonds. The zero-order chi connectivity index (χ0) is 27.2. The fraction of sp³-hybridized carbons (Fsp3) is 1.00. The van der Waals surface area contributed by atoms with Crippen molar-refractivity contribution in [1.29, 1.82) is 0 Å². The van der Waals surface area contributed by atoms with Gasteiger partial charge in [0, 0.05) is 50.8 Å². The number of hydrogen-bond acceptors (Lipinski definition) is 5. The van der Waals surface area contributed by atoms with Crippen molar-refractivity contribution in [3.8, 4) is 0 Å². The first kappa shape index (κ1) is 33.0. The van der Waals surface area contributed by atoms with Gasteiger partial charge >= 0.3 is 0 Å². The van der Waals surface area contributed by atoms with Crippen molar-refractivity contribution in [2.75, 3.05) is 72.0 Å². The molecular formula is C32H67N5. The zero-order valence-corrected chi connectivity index (χ0v) is 26.5. The van der Waals surface area contributed by atoms with Gasteiger partial charge in [-0.15, -0.1) is 0 Å². The summed E-state index contributed by atoms with van der Waals surface area (Å²) in [5, 5.41) is 3.47. The normalized spacial score (nSPS) is 25.5. The molecule has 0 aromatic rings. The first-order valence-corrected chi connectivity index (χ1v) is 16.5. The molecule has 1 N–H and O–H groups in total. The van der Waals surface area contributed by atoms with Crippen LogP contribution in [0.25, 0.3) is 0 Å². The molecule has 0 bridgehead atoms. The second kappa shape index (κ2) is 18.2. The van der Waals surface area contributed by atoms with Gasteiger partial charge in [0.1, 0.15) is 0 Å². The number of nitrogens with one attached hydrogen (secondary N) is 1. The topological polar surface area (TPSA) is 25.0 Å². The van der Waals surface area contributed by atoms with Crippen LogP contribution in [-0.4, -0.2) is 110 Å². The highest BCUT2D eigenvalue weighted by Crippen LogP contribution is 2.31. The van der Waals surface area contributed by atoms with E-state index in [1.807, 2.05) is 13.8 Å². The molecule has 0 aliphatic carbocycles. The number of rotatable bonds is 7. The minimum atomic E-state index is 0.732. The molecule has 5 heteroatoms. The fourth-order valence-corrected chi connectivity index (χ4v) is 6.88. The number of nitrogens with zero attached hydrogens (tertiary/aromatic N) is 4. The Morgan fingerprint density at radius 3 is 1.51 bits per heavy atom. The molecule has 5 nitrogen and oxygen atoms in total. The third-order valence-corrected chi connectivity index (χ3v) is 9.87. The molecule has 4 aliphatic heterocycles. The van der Waals surface area contributed by atoms with E-state index in [0.717, 1.165) is 35.9 Å². The Morgan fingerprint density at radius 2 is 1.05 bits per heavy atom. The smallest absolute Gasteiger partial charge is 0.0113 e. The molecule has 0 aromatic heterocycles. The predicted molar refractivity (Wildman–Crippen MR) is 164 cm³/mol. The van der Waals surface area contributed by atoms with Gasteiger partial charge in [-0.3, -0.25) is 4.90 Å². The highest BCUT2D eigenvalue weighted by atomic mass is 15.3. The van der Waals surface area contributed by atoms with Crippen LogP contribution < -0.4 is 5.32 Å². The average molecular weight is 522 g/mol. The maximum absolute atomic E-state index is 3.47. The minimum absolute atomic E-state index is 0.732. The highest BCUT2D eigenvalue weighted by molar-refractivity contribution is 4.82. The summed E-state index contributed by atoms with van der Waals surface area (Å²) in [6.45, 7) is 32.3. The van der Waals surface area contributed by atoms with Gasteiger partial charge < -0.3 is 20.0 Å². The van der Waals surface area contributed by atoms with Gasteiger partial charge in [-0.2, -0.15) is 0 Å². The standard InChI is InChI=1S/C17H35N3.C13H26N2.C2H6/c1-5-16(4)20-12-10-18(11-13-20)14-17-6-8-19(9-7-17)15(2)3;1-11(2)15-9-5-13(6-10-15)12-3-7-14-8-4-12;1-2/h15-17H,5-14H2,1-4H3;11-14H,3-10H2,1-2H3;1-2H3. The Labute approximate surface area is 233 Å². The Hall–Kier alpha value is -0.200. The summed E-state index contributed by atoms with van der Waals surface area (Å²) in [6, 6.07) is 2.25. The van der Waals surface area contributed by atoms with Crippen molar-refractivity contribution in [2.45, 2.75) is 118 Å².